The molecule has 0 saturated heterocycles. The van der Waals surface area contributed by atoms with E-state index in [-0.39, 0.29) is 23.3 Å². The molecule has 34 heavy (non-hydrogen) atoms. The molecule has 3 rings (SSSR count). The lowest BCUT2D eigenvalue weighted by molar-refractivity contribution is 0.0734. The van der Waals surface area contributed by atoms with Gasteiger partial charge < -0.3 is 9.47 Å². The minimum Gasteiger partial charge on any atom is -0.497 e. The molecule has 0 heterocycles. The number of hydrogen-bond acceptors (Lipinski definition) is 3. The minimum atomic E-state index is -1.71. The SMILES string of the molecule is CC.COc1ccc(C#Cc2ccc(OC(=O)c3ccc(CCC=C(F)F)cc3)cc2F)cc1. The number of allylic oxidation sites excluding steroid dienone is 1. The number of halogens is 3. The van der Waals surface area contributed by atoms with Crippen molar-refractivity contribution in [2.24, 2.45) is 0 Å². The van der Waals surface area contributed by atoms with Gasteiger partial charge >= 0.3 is 5.97 Å². The lowest BCUT2D eigenvalue weighted by Gasteiger charge is -2.06. The highest BCUT2D eigenvalue weighted by molar-refractivity contribution is 5.91. The Labute approximate surface area is 197 Å². The second-order valence-corrected chi connectivity index (χ2v) is 6.74. The van der Waals surface area contributed by atoms with Crippen LogP contribution in [0.1, 0.15) is 47.3 Å². The van der Waals surface area contributed by atoms with Crippen molar-refractivity contribution in [3.8, 4) is 23.3 Å². The molecule has 0 bridgehead atoms. The van der Waals surface area contributed by atoms with E-state index in [1.54, 1.807) is 43.5 Å². The zero-order valence-corrected chi connectivity index (χ0v) is 19.2. The van der Waals surface area contributed by atoms with Gasteiger partial charge in [-0.1, -0.05) is 37.8 Å². The van der Waals surface area contributed by atoms with Crippen molar-refractivity contribution in [2.45, 2.75) is 26.7 Å². The van der Waals surface area contributed by atoms with Crippen LogP contribution in [-0.4, -0.2) is 13.1 Å². The molecule has 0 atom stereocenters. The zero-order chi connectivity index (χ0) is 24.9. The summed E-state index contributed by atoms with van der Waals surface area (Å²) in [6, 6.07) is 17.5. The number of carbonyl (C=O) groups is 1. The van der Waals surface area contributed by atoms with Gasteiger partial charge in [-0.2, -0.15) is 8.78 Å². The summed E-state index contributed by atoms with van der Waals surface area (Å²) in [5, 5.41) is 0. The molecule has 0 fully saturated rings. The van der Waals surface area contributed by atoms with Crippen LogP contribution in [0.2, 0.25) is 0 Å². The van der Waals surface area contributed by atoms with Crippen molar-refractivity contribution in [2.75, 3.05) is 7.11 Å². The predicted octanol–water partition coefficient (Wildman–Crippen LogP) is 7.19. The largest absolute Gasteiger partial charge is 0.497 e. The van der Waals surface area contributed by atoms with E-state index in [4.69, 9.17) is 9.47 Å². The second-order valence-electron chi connectivity index (χ2n) is 6.74. The van der Waals surface area contributed by atoms with E-state index < -0.39 is 17.9 Å². The van der Waals surface area contributed by atoms with E-state index in [0.717, 1.165) is 17.7 Å². The summed E-state index contributed by atoms with van der Waals surface area (Å²) < 4.78 is 48.8. The molecule has 3 aromatic rings. The third-order valence-electron chi connectivity index (χ3n) is 4.50. The number of methoxy groups -OCH3 is 1. The van der Waals surface area contributed by atoms with Gasteiger partial charge in [0.1, 0.15) is 17.3 Å². The molecule has 176 valence electrons. The van der Waals surface area contributed by atoms with Crippen molar-refractivity contribution in [3.05, 3.63) is 107 Å². The van der Waals surface area contributed by atoms with E-state index in [9.17, 15) is 18.0 Å². The maximum Gasteiger partial charge on any atom is 0.343 e. The van der Waals surface area contributed by atoms with Crippen LogP contribution < -0.4 is 9.47 Å². The monoisotopic (exact) mass is 466 g/mol. The van der Waals surface area contributed by atoms with E-state index in [0.29, 0.717) is 17.7 Å². The first-order valence-corrected chi connectivity index (χ1v) is 10.7. The smallest absolute Gasteiger partial charge is 0.343 e. The first-order chi connectivity index (χ1) is 16.4. The fraction of sp³-hybridized carbons (Fsp3) is 0.179. The zero-order valence-electron chi connectivity index (χ0n) is 19.2. The third-order valence-corrected chi connectivity index (χ3v) is 4.50. The standard InChI is InChI=1S/C26H19F3O3.C2H6/c1-31-22-14-8-19(9-15-22)5-10-20-13-16-23(17-24(20)27)32-26(30)21-11-6-18(7-12-21)3-2-4-25(28)29;1-2/h4,6-9,11-17H,2-3H2,1H3;1-2H3. The summed E-state index contributed by atoms with van der Waals surface area (Å²) in [6.45, 7) is 4.00. The number of hydrogen-bond donors (Lipinski definition) is 0. The molecule has 0 saturated carbocycles. The van der Waals surface area contributed by atoms with Crippen molar-refractivity contribution < 1.29 is 27.4 Å². The first-order valence-electron chi connectivity index (χ1n) is 10.7. The number of ether oxygens (including phenoxy) is 2. The average molecular weight is 466 g/mol. The van der Waals surface area contributed by atoms with Crippen LogP contribution in [-0.2, 0) is 6.42 Å². The maximum absolute atomic E-state index is 14.4. The van der Waals surface area contributed by atoms with Gasteiger partial charge in [0.25, 0.3) is 6.08 Å². The van der Waals surface area contributed by atoms with Gasteiger partial charge in [0.15, 0.2) is 0 Å². The van der Waals surface area contributed by atoms with Crippen LogP contribution in [0.4, 0.5) is 13.2 Å². The van der Waals surface area contributed by atoms with Gasteiger partial charge in [0.05, 0.1) is 18.2 Å². The predicted molar refractivity (Wildman–Crippen MR) is 127 cm³/mol. The topological polar surface area (TPSA) is 35.5 Å². The fourth-order valence-electron chi connectivity index (χ4n) is 2.80. The van der Waals surface area contributed by atoms with Gasteiger partial charge in [-0.3, -0.25) is 0 Å². The van der Waals surface area contributed by atoms with Crippen molar-refractivity contribution in [1.82, 2.24) is 0 Å². The molecule has 6 heteroatoms. The number of rotatable bonds is 6. The fourth-order valence-corrected chi connectivity index (χ4v) is 2.80. The molecule has 0 unspecified atom stereocenters. The number of aryl methyl sites for hydroxylation is 1. The van der Waals surface area contributed by atoms with Crippen molar-refractivity contribution in [3.63, 3.8) is 0 Å². The van der Waals surface area contributed by atoms with E-state index in [2.05, 4.69) is 11.8 Å². The molecule has 0 radical (unpaired) electrons. The van der Waals surface area contributed by atoms with Crippen LogP contribution in [0.15, 0.2) is 78.9 Å². The van der Waals surface area contributed by atoms with E-state index >= 15 is 0 Å². The molecule has 0 aromatic heterocycles. The van der Waals surface area contributed by atoms with Crippen molar-refractivity contribution in [1.29, 1.82) is 0 Å². The lowest BCUT2D eigenvalue weighted by atomic mass is 10.1. The summed E-state index contributed by atoms with van der Waals surface area (Å²) in [6.07, 6.45) is -0.229. The molecule has 0 aliphatic carbocycles. The molecule has 0 spiro atoms. The Morgan fingerprint density at radius 1 is 0.912 bits per heavy atom. The van der Waals surface area contributed by atoms with Crippen molar-refractivity contribution >= 4 is 5.97 Å². The molecule has 0 aliphatic rings. The molecule has 3 nitrogen and oxygen atoms in total. The second kappa shape index (κ2) is 13.5. The maximum atomic E-state index is 14.4. The van der Waals surface area contributed by atoms with Crippen LogP contribution in [0, 0.1) is 17.7 Å². The first kappa shape index (κ1) is 26.3. The average Bonchev–Trinajstić information content (AvgIpc) is 2.85. The van der Waals surface area contributed by atoms with Gasteiger partial charge in [0, 0.05) is 11.6 Å². The Kier molecular flexibility index (Phi) is 10.5. The summed E-state index contributed by atoms with van der Waals surface area (Å²) in [5.74, 6) is 5.11. The third kappa shape index (κ3) is 8.18. The molecular weight excluding hydrogens is 441 g/mol. The minimum absolute atomic E-state index is 0.0510. The summed E-state index contributed by atoms with van der Waals surface area (Å²) in [5.41, 5.74) is 1.95. The summed E-state index contributed by atoms with van der Waals surface area (Å²) in [4.78, 5) is 12.3. The van der Waals surface area contributed by atoms with Gasteiger partial charge in [-0.15, -0.1) is 0 Å². The Morgan fingerprint density at radius 3 is 2.15 bits per heavy atom. The van der Waals surface area contributed by atoms with Gasteiger partial charge in [-0.05, 0) is 73.0 Å². The van der Waals surface area contributed by atoms with Gasteiger partial charge in [-0.25, -0.2) is 9.18 Å². The van der Waals surface area contributed by atoms with Crippen LogP contribution in [0.3, 0.4) is 0 Å². The van der Waals surface area contributed by atoms with Gasteiger partial charge in [0.2, 0.25) is 0 Å². The van der Waals surface area contributed by atoms with Crippen LogP contribution in [0.25, 0.3) is 0 Å². The number of esters is 1. The highest BCUT2D eigenvalue weighted by Crippen LogP contribution is 2.19. The molecule has 0 N–H and O–H groups in total. The Bertz CT molecular complexity index is 1170. The Morgan fingerprint density at radius 2 is 1.56 bits per heavy atom. The normalized spacial score (nSPS) is 9.59. The quantitative estimate of drug-likeness (QED) is 0.219. The van der Waals surface area contributed by atoms with Crippen LogP contribution >= 0.6 is 0 Å². The van der Waals surface area contributed by atoms with E-state index in [1.807, 2.05) is 13.8 Å². The Balaban J connectivity index is 0.00000199. The molecule has 0 aliphatic heterocycles. The summed E-state index contributed by atoms with van der Waals surface area (Å²) in [7, 11) is 1.57. The van der Waals surface area contributed by atoms with Crippen LogP contribution in [0.5, 0.6) is 11.5 Å². The number of benzene rings is 3. The highest BCUT2D eigenvalue weighted by atomic mass is 19.3. The Hall–Kier alpha value is -3.98. The molecular formula is C28H25F3O3. The summed E-state index contributed by atoms with van der Waals surface area (Å²) >= 11 is 0. The number of carbonyl (C=O) groups excluding carboxylic acids is 1. The van der Waals surface area contributed by atoms with E-state index in [1.165, 1.54) is 24.3 Å². The highest BCUT2D eigenvalue weighted by Gasteiger charge is 2.10. The molecule has 0 amide bonds. The lowest BCUT2D eigenvalue weighted by Crippen LogP contribution is -2.08. The molecule has 3 aromatic carbocycles.